The van der Waals surface area contributed by atoms with Crippen LogP contribution >= 0.6 is 11.6 Å². The van der Waals surface area contributed by atoms with Crippen molar-refractivity contribution in [1.29, 1.82) is 0 Å². The quantitative estimate of drug-likeness (QED) is 0.195. The van der Waals surface area contributed by atoms with Crippen LogP contribution in [0.3, 0.4) is 0 Å². The van der Waals surface area contributed by atoms with Crippen LogP contribution in [-0.4, -0.2) is 41.2 Å². The molecule has 1 fully saturated rings. The number of nitrogens with one attached hydrogen (secondary N) is 2. The van der Waals surface area contributed by atoms with Gasteiger partial charge in [-0.2, -0.15) is 0 Å². The molecule has 0 bridgehead atoms. The van der Waals surface area contributed by atoms with E-state index in [0.29, 0.717) is 46.7 Å². The summed E-state index contributed by atoms with van der Waals surface area (Å²) in [4.78, 5) is 28.8. The predicted molar refractivity (Wildman–Crippen MR) is 154 cm³/mol. The third-order valence-electron chi connectivity index (χ3n) is 6.58. The smallest absolute Gasteiger partial charge is 0.335 e. The molecule has 4 aromatic rings. The van der Waals surface area contributed by atoms with Gasteiger partial charge in [0.15, 0.2) is 0 Å². The lowest BCUT2D eigenvalue weighted by Gasteiger charge is -2.27. The Kier molecular flexibility index (Phi) is 8.76. The third kappa shape index (κ3) is 7.39. The molecule has 1 aromatic heterocycles. The highest BCUT2D eigenvalue weighted by molar-refractivity contribution is 6.30. The number of carboxylic acids is 1. The molecule has 3 aromatic carbocycles. The van der Waals surface area contributed by atoms with E-state index >= 15 is 0 Å². The molecule has 1 aliphatic rings. The Morgan fingerprint density at radius 2 is 1.85 bits per heavy atom. The number of carboxylic acid groups (broad SMARTS) is 1. The second kappa shape index (κ2) is 12.8. The van der Waals surface area contributed by atoms with Crippen LogP contribution in [0.4, 0.5) is 15.8 Å². The molecule has 1 saturated heterocycles. The highest BCUT2D eigenvalue weighted by Gasteiger charge is 2.19. The lowest BCUT2D eigenvalue weighted by Crippen LogP contribution is -2.33. The summed E-state index contributed by atoms with van der Waals surface area (Å²) < 4.78 is 25.2. The minimum absolute atomic E-state index is 0.0120. The number of nitrogens with zero attached hydrogens (tertiary/aromatic N) is 1. The van der Waals surface area contributed by atoms with Crippen molar-refractivity contribution in [2.75, 3.05) is 23.8 Å². The van der Waals surface area contributed by atoms with Crippen molar-refractivity contribution in [2.24, 2.45) is 0 Å². The Morgan fingerprint density at radius 1 is 1.05 bits per heavy atom. The van der Waals surface area contributed by atoms with E-state index in [1.807, 2.05) is 30.3 Å². The molecule has 210 valence electrons. The Labute approximate surface area is 241 Å². The Bertz CT molecular complexity index is 1560. The zero-order valence-electron chi connectivity index (χ0n) is 21.9. The second-order valence-electron chi connectivity index (χ2n) is 9.54. The van der Waals surface area contributed by atoms with Crippen molar-refractivity contribution < 1.29 is 28.6 Å². The number of rotatable bonds is 11. The molecule has 0 unspecified atom stereocenters. The first kappa shape index (κ1) is 28.1. The summed E-state index contributed by atoms with van der Waals surface area (Å²) in [6.07, 6.45) is 1.12. The fraction of sp³-hybridized carbons (Fsp3) is 0.194. The van der Waals surface area contributed by atoms with Crippen LogP contribution in [0.15, 0.2) is 78.9 Å². The molecule has 41 heavy (non-hydrogen) atoms. The van der Waals surface area contributed by atoms with E-state index in [-0.39, 0.29) is 30.6 Å². The first-order valence-corrected chi connectivity index (χ1v) is 13.4. The monoisotopic (exact) mass is 575 g/mol. The van der Waals surface area contributed by atoms with E-state index in [1.54, 1.807) is 30.3 Å². The van der Waals surface area contributed by atoms with Crippen LogP contribution in [0.2, 0.25) is 5.02 Å². The van der Waals surface area contributed by atoms with Crippen LogP contribution in [0, 0.1) is 5.82 Å². The summed E-state index contributed by atoms with van der Waals surface area (Å²) in [6, 6.07) is 21.7. The van der Waals surface area contributed by atoms with Crippen LogP contribution in [0.25, 0.3) is 11.3 Å². The van der Waals surface area contributed by atoms with Gasteiger partial charge in [0, 0.05) is 35.4 Å². The Balaban J connectivity index is 1.20. The third-order valence-corrected chi connectivity index (χ3v) is 6.82. The zero-order chi connectivity index (χ0) is 28.8. The maximum Gasteiger partial charge on any atom is 0.335 e. The van der Waals surface area contributed by atoms with Crippen LogP contribution < -0.4 is 15.4 Å². The van der Waals surface area contributed by atoms with Crippen LogP contribution in [0.5, 0.6) is 5.88 Å². The summed E-state index contributed by atoms with van der Waals surface area (Å²) in [7, 11) is 0. The number of hydrogen-bond donors (Lipinski definition) is 3. The molecule has 0 saturated carbocycles. The molecule has 1 aliphatic heterocycles. The number of aromatic carboxylic acids is 1. The molecule has 1 amide bonds. The summed E-state index contributed by atoms with van der Waals surface area (Å²) in [6.45, 7) is 1.24. The number of carbonyl (C=O) groups is 2. The van der Waals surface area contributed by atoms with Crippen molar-refractivity contribution >= 4 is 34.9 Å². The van der Waals surface area contributed by atoms with Gasteiger partial charge < -0.3 is 25.2 Å². The number of ether oxygens (including phenoxy) is 2. The summed E-state index contributed by atoms with van der Waals surface area (Å²) in [5, 5.41) is 15.7. The number of benzene rings is 3. The Hall–Kier alpha value is -4.47. The molecular weight excluding hydrogens is 549 g/mol. The lowest BCUT2D eigenvalue weighted by molar-refractivity contribution is -0.115. The topological polar surface area (TPSA) is 110 Å². The molecule has 0 spiro atoms. The number of amides is 1. The zero-order valence-corrected chi connectivity index (χ0v) is 22.7. The molecule has 1 atom stereocenters. The molecule has 8 nitrogen and oxygen atoms in total. The number of pyridine rings is 1. The lowest BCUT2D eigenvalue weighted by atomic mass is 10.1. The number of anilines is 2. The number of aromatic nitrogens is 1. The van der Waals surface area contributed by atoms with E-state index in [4.69, 9.17) is 21.1 Å². The maximum absolute atomic E-state index is 14.0. The molecule has 10 heteroatoms. The summed E-state index contributed by atoms with van der Waals surface area (Å²) in [5.41, 5.74) is 3.79. The van der Waals surface area contributed by atoms with Gasteiger partial charge in [-0.25, -0.2) is 14.2 Å². The van der Waals surface area contributed by atoms with Gasteiger partial charge in [-0.05, 0) is 48.4 Å². The number of halogens is 2. The van der Waals surface area contributed by atoms with E-state index in [1.165, 1.54) is 18.2 Å². The second-order valence-corrected chi connectivity index (χ2v) is 9.97. The standard InChI is InChI=1S/C31H27ClFN3O5/c32-23-10-8-22(25(33)16-23)18-41-30-3-1-2-26(36-30)20-6-4-19(5-7-20)14-29(37)35-27-11-9-21(31(38)39)15-28(27)34-17-24-12-13-40-24/h1-11,15-16,24,34H,12-14,17-18H2,(H,35,37)(H,38,39)/t24-/m0/s1. The first-order chi connectivity index (χ1) is 19.8. The van der Waals surface area contributed by atoms with Gasteiger partial charge in [0.1, 0.15) is 12.4 Å². The normalized spacial score (nSPS) is 14.1. The largest absolute Gasteiger partial charge is 0.478 e. The average Bonchev–Trinajstić information content (AvgIpc) is 2.93. The van der Waals surface area contributed by atoms with Crippen molar-refractivity contribution in [2.45, 2.75) is 25.6 Å². The van der Waals surface area contributed by atoms with Crippen molar-refractivity contribution in [3.05, 3.63) is 106 Å². The molecule has 3 N–H and O–H groups in total. The molecule has 2 heterocycles. The average molecular weight is 576 g/mol. The summed E-state index contributed by atoms with van der Waals surface area (Å²) >= 11 is 5.81. The number of hydrogen-bond acceptors (Lipinski definition) is 6. The molecule has 0 radical (unpaired) electrons. The maximum atomic E-state index is 14.0. The number of carbonyl (C=O) groups excluding carboxylic acids is 1. The van der Waals surface area contributed by atoms with Crippen LogP contribution in [0.1, 0.15) is 27.9 Å². The van der Waals surface area contributed by atoms with E-state index in [2.05, 4.69) is 15.6 Å². The van der Waals surface area contributed by atoms with E-state index in [9.17, 15) is 19.1 Å². The minimum atomic E-state index is -1.05. The fourth-order valence-corrected chi connectivity index (χ4v) is 4.38. The minimum Gasteiger partial charge on any atom is -0.478 e. The molecule has 5 rings (SSSR count). The van der Waals surface area contributed by atoms with Gasteiger partial charge in [-0.15, -0.1) is 0 Å². The molecular formula is C31H27ClFN3O5. The Morgan fingerprint density at radius 3 is 2.56 bits per heavy atom. The predicted octanol–water partition coefficient (Wildman–Crippen LogP) is 6.20. The highest BCUT2D eigenvalue weighted by Crippen LogP contribution is 2.26. The summed E-state index contributed by atoms with van der Waals surface area (Å²) in [5.74, 6) is -1.39. The van der Waals surface area contributed by atoms with Gasteiger partial charge >= 0.3 is 5.97 Å². The van der Waals surface area contributed by atoms with E-state index < -0.39 is 11.8 Å². The van der Waals surface area contributed by atoms with Crippen molar-refractivity contribution in [3.63, 3.8) is 0 Å². The SMILES string of the molecule is O=C(Cc1ccc(-c2cccc(OCc3ccc(Cl)cc3F)n2)cc1)Nc1ccc(C(=O)O)cc1NC[C@@H]1CCO1. The van der Waals surface area contributed by atoms with Gasteiger partial charge in [-0.3, -0.25) is 4.79 Å². The van der Waals surface area contributed by atoms with Gasteiger partial charge in [-0.1, -0.05) is 48.0 Å². The van der Waals surface area contributed by atoms with Gasteiger partial charge in [0.05, 0.1) is 35.2 Å². The van der Waals surface area contributed by atoms with Gasteiger partial charge in [0.25, 0.3) is 0 Å². The fourth-order valence-electron chi connectivity index (χ4n) is 4.22. The van der Waals surface area contributed by atoms with Crippen molar-refractivity contribution in [3.8, 4) is 17.1 Å². The first-order valence-electron chi connectivity index (χ1n) is 13.0. The highest BCUT2D eigenvalue weighted by atomic mass is 35.5. The van der Waals surface area contributed by atoms with Crippen molar-refractivity contribution in [1.82, 2.24) is 4.98 Å². The van der Waals surface area contributed by atoms with Crippen LogP contribution in [-0.2, 0) is 22.6 Å². The van der Waals surface area contributed by atoms with Gasteiger partial charge in [0.2, 0.25) is 11.8 Å². The molecule has 0 aliphatic carbocycles. The van der Waals surface area contributed by atoms with E-state index in [0.717, 1.165) is 17.5 Å².